The minimum Gasteiger partial charge on any atom is -0.330 e. The zero-order chi connectivity index (χ0) is 11.5. The summed E-state index contributed by atoms with van der Waals surface area (Å²) in [6.45, 7) is 5.43. The molecule has 1 saturated heterocycles. The fourth-order valence-electron chi connectivity index (χ4n) is 2.36. The molecule has 1 aliphatic heterocycles. The Labute approximate surface area is 118 Å². The van der Waals surface area contributed by atoms with Gasteiger partial charge in [-0.1, -0.05) is 28.1 Å². The molecule has 2 atom stereocenters. The van der Waals surface area contributed by atoms with E-state index in [0.717, 1.165) is 17.6 Å². The van der Waals surface area contributed by atoms with E-state index in [1.165, 1.54) is 18.5 Å². The molecule has 1 fully saturated rings. The highest BCUT2D eigenvalue weighted by molar-refractivity contribution is 9.10. The third-order valence-corrected chi connectivity index (χ3v) is 4.08. The van der Waals surface area contributed by atoms with Crippen molar-refractivity contribution < 1.29 is 0 Å². The molecule has 0 saturated carbocycles. The average molecular weight is 320 g/mol. The lowest BCUT2D eigenvalue weighted by Gasteiger charge is -2.24. The highest BCUT2D eigenvalue weighted by Gasteiger charge is 2.25. The molecular formula is C13H20BrClN2. The molecule has 0 aromatic heterocycles. The van der Waals surface area contributed by atoms with Crippen molar-refractivity contribution in [1.29, 1.82) is 0 Å². The van der Waals surface area contributed by atoms with Gasteiger partial charge in [0, 0.05) is 17.1 Å². The average Bonchev–Trinajstić information content (AvgIpc) is 2.77. The minimum atomic E-state index is 0. The number of hydrogen-bond donors (Lipinski definition) is 1. The lowest BCUT2D eigenvalue weighted by Crippen LogP contribution is -2.26. The second-order valence-electron chi connectivity index (χ2n) is 4.61. The number of rotatable bonds is 3. The first kappa shape index (κ1) is 15.0. The van der Waals surface area contributed by atoms with Crippen molar-refractivity contribution in [3.05, 3.63) is 34.3 Å². The van der Waals surface area contributed by atoms with Crippen molar-refractivity contribution in [3.63, 3.8) is 0 Å². The Kier molecular flexibility index (Phi) is 5.93. The van der Waals surface area contributed by atoms with Crippen molar-refractivity contribution in [2.45, 2.75) is 19.4 Å². The van der Waals surface area contributed by atoms with E-state index in [0.29, 0.717) is 12.0 Å². The predicted molar refractivity (Wildman–Crippen MR) is 78.5 cm³/mol. The van der Waals surface area contributed by atoms with Crippen LogP contribution in [-0.4, -0.2) is 24.5 Å². The standard InChI is InChI=1S/C13H19BrN2.ClH/c1-10(12-2-4-13(14)5-3-12)16-7-6-11(8-15)9-16;/h2-5,10-11H,6-9,15H2,1H3;1H. The van der Waals surface area contributed by atoms with Gasteiger partial charge in [-0.2, -0.15) is 0 Å². The molecule has 1 aromatic carbocycles. The van der Waals surface area contributed by atoms with Gasteiger partial charge in [-0.15, -0.1) is 12.4 Å². The molecule has 2 rings (SSSR count). The molecule has 2 nitrogen and oxygen atoms in total. The first-order valence-electron chi connectivity index (χ1n) is 5.90. The number of nitrogens with two attached hydrogens (primary N) is 1. The van der Waals surface area contributed by atoms with Crippen molar-refractivity contribution in [1.82, 2.24) is 4.90 Å². The van der Waals surface area contributed by atoms with Crippen LogP contribution in [0.15, 0.2) is 28.7 Å². The van der Waals surface area contributed by atoms with Crippen LogP contribution in [0.2, 0.25) is 0 Å². The number of benzene rings is 1. The van der Waals surface area contributed by atoms with Crippen molar-refractivity contribution in [3.8, 4) is 0 Å². The van der Waals surface area contributed by atoms with Gasteiger partial charge in [0.25, 0.3) is 0 Å². The molecule has 4 heteroatoms. The summed E-state index contributed by atoms with van der Waals surface area (Å²) in [6.07, 6.45) is 1.25. The van der Waals surface area contributed by atoms with Crippen LogP contribution in [0.4, 0.5) is 0 Å². The Morgan fingerprint density at radius 3 is 2.59 bits per heavy atom. The Balaban J connectivity index is 0.00000144. The molecule has 0 aliphatic carbocycles. The highest BCUT2D eigenvalue weighted by atomic mass is 79.9. The maximum atomic E-state index is 5.72. The Hall–Kier alpha value is -0.0900. The van der Waals surface area contributed by atoms with Crippen LogP contribution in [0.5, 0.6) is 0 Å². The first-order chi connectivity index (χ1) is 7.70. The fourth-order valence-corrected chi connectivity index (χ4v) is 2.62. The summed E-state index contributed by atoms with van der Waals surface area (Å²) in [5, 5.41) is 0. The smallest absolute Gasteiger partial charge is 0.0320 e. The molecule has 0 bridgehead atoms. The topological polar surface area (TPSA) is 29.3 Å². The van der Waals surface area contributed by atoms with E-state index in [9.17, 15) is 0 Å². The van der Waals surface area contributed by atoms with Gasteiger partial charge >= 0.3 is 0 Å². The number of nitrogens with zero attached hydrogens (tertiary/aromatic N) is 1. The van der Waals surface area contributed by atoms with Gasteiger partial charge in [0.15, 0.2) is 0 Å². The molecule has 17 heavy (non-hydrogen) atoms. The Morgan fingerprint density at radius 2 is 2.06 bits per heavy atom. The van der Waals surface area contributed by atoms with E-state index in [1.807, 2.05) is 0 Å². The maximum Gasteiger partial charge on any atom is 0.0320 e. The van der Waals surface area contributed by atoms with Crippen molar-refractivity contribution >= 4 is 28.3 Å². The van der Waals surface area contributed by atoms with Crippen LogP contribution in [0.1, 0.15) is 24.9 Å². The minimum absolute atomic E-state index is 0. The normalized spacial score (nSPS) is 22.2. The molecule has 1 aliphatic rings. The van der Waals surface area contributed by atoms with Crippen LogP contribution in [-0.2, 0) is 0 Å². The molecule has 1 heterocycles. The second kappa shape index (κ2) is 6.74. The van der Waals surface area contributed by atoms with Gasteiger partial charge in [0.1, 0.15) is 0 Å². The van der Waals surface area contributed by atoms with Gasteiger partial charge in [-0.05, 0) is 50.0 Å². The van der Waals surface area contributed by atoms with Crippen molar-refractivity contribution in [2.24, 2.45) is 11.7 Å². The first-order valence-corrected chi connectivity index (χ1v) is 6.69. The largest absolute Gasteiger partial charge is 0.330 e. The molecule has 0 spiro atoms. The highest BCUT2D eigenvalue weighted by Crippen LogP contribution is 2.27. The van der Waals surface area contributed by atoms with E-state index in [1.54, 1.807) is 0 Å². The van der Waals surface area contributed by atoms with Crippen LogP contribution in [0.3, 0.4) is 0 Å². The third-order valence-electron chi connectivity index (χ3n) is 3.55. The summed E-state index contributed by atoms with van der Waals surface area (Å²) in [7, 11) is 0. The summed E-state index contributed by atoms with van der Waals surface area (Å²) < 4.78 is 1.14. The molecule has 1 aromatic rings. The predicted octanol–water partition coefficient (Wildman–Crippen LogP) is 3.21. The summed E-state index contributed by atoms with van der Waals surface area (Å²) in [6, 6.07) is 9.13. The van der Waals surface area contributed by atoms with E-state index in [-0.39, 0.29) is 12.4 Å². The number of halogens is 2. The monoisotopic (exact) mass is 318 g/mol. The molecule has 0 radical (unpaired) electrons. The van der Waals surface area contributed by atoms with Gasteiger partial charge in [-0.3, -0.25) is 4.90 Å². The maximum absolute atomic E-state index is 5.72. The SMILES string of the molecule is CC(c1ccc(Br)cc1)N1CCC(CN)C1.Cl. The van der Waals surface area contributed by atoms with Crippen molar-refractivity contribution in [2.75, 3.05) is 19.6 Å². The summed E-state index contributed by atoms with van der Waals surface area (Å²) >= 11 is 3.47. The number of hydrogen-bond acceptors (Lipinski definition) is 2. The summed E-state index contributed by atoms with van der Waals surface area (Å²) in [4.78, 5) is 2.53. The Morgan fingerprint density at radius 1 is 1.41 bits per heavy atom. The van der Waals surface area contributed by atoms with Gasteiger partial charge in [0.05, 0.1) is 0 Å². The third kappa shape index (κ3) is 3.68. The van der Waals surface area contributed by atoms with Crippen LogP contribution >= 0.6 is 28.3 Å². The van der Waals surface area contributed by atoms with E-state index >= 15 is 0 Å². The van der Waals surface area contributed by atoms with Crippen LogP contribution < -0.4 is 5.73 Å². The summed E-state index contributed by atoms with van der Waals surface area (Å²) in [5.74, 6) is 0.692. The van der Waals surface area contributed by atoms with E-state index < -0.39 is 0 Å². The lowest BCUT2D eigenvalue weighted by molar-refractivity contribution is 0.253. The number of likely N-dealkylation sites (tertiary alicyclic amines) is 1. The second-order valence-corrected chi connectivity index (χ2v) is 5.53. The van der Waals surface area contributed by atoms with Gasteiger partial charge in [0.2, 0.25) is 0 Å². The van der Waals surface area contributed by atoms with Crippen LogP contribution in [0, 0.1) is 5.92 Å². The van der Waals surface area contributed by atoms with E-state index in [4.69, 9.17) is 5.73 Å². The molecule has 2 unspecified atom stereocenters. The quantitative estimate of drug-likeness (QED) is 0.927. The van der Waals surface area contributed by atoms with E-state index in [2.05, 4.69) is 52.0 Å². The summed E-state index contributed by atoms with van der Waals surface area (Å²) in [5.41, 5.74) is 7.11. The zero-order valence-electron chi connectivity index (χ0n) is 10.1. The zero-order valence-corrected chi connectivity index (χ0v) is 12.5. The fraction of sp³-hybridized carbons (Fsp3) is 0.538. The molecular weight excluding hydrogens is 300 g/mol. The molecule has 96 valence electrons. The Bertz CT molecular complexity index is 342. The molecule has 2 N–H and O–H groups in total. The van der Waals surface area contributed by atoms with Crippen LogP contribution in [0.25, 0.3) is 0 Å². The van der Waals surface area contributed by atoms with Gasteiger partial charge < -0.3 is 5.73 Å². The lowest BCUT2D eigenvalue weighted by atomic mass is 10.1. The van der Waals surface area contributed by atoms with Gasteiger partial charge in [-0.25, -0.2) is 0 Å². The molecule has 0 amide bonds.